The number of benzene rings is 2. The summed E-state index contributed by atoms with van der Waals surface area (Å²) >= 11 is 1.29. The molecule has 3 heterocycles. The van der Waals surface area contributed by atoms with Crippen LogP contribution in [0.4, 0.5) is 5.69 Å². The molecule has 0 saturated carbocycles. The summed E-state index contributed by atoms with van der Waals surface area (Å²) < 4.78 is 7.18. The molecule has 0 radical (unpaired) electrons. The van der Waals surface area contributed by atoms with E-state index < -0.39 is 12.0 Å². The van der Waals surface area contributed by atoms with Gasteiger partial charge in [0.25, 0.3) is 5.56 Å². The smallest absolute Gasteiger partial charge is 0.338 e. The van der Waals surface area contributed by atoms with Crippen molar-refractivity contribution in [2.75, 3.05) is 26.1 Å². The standard InChI is InChI=1S/C27H25N5O3S/c1-16-22(26(34)35-4)24(18-10-12-20(13-11-18)31(2)3)32-25(33)21(36-27(32)29-16)14-19-15-28-30-23(19)17-8-6-5-7-9-17/h5-15,24H,1-4H3,(H,28,30)/b21-14+. The largest absolute Gasteiger partial charge is 0.466 e. The highest BCUT2D eigenvalue weighted by Crippen LogP contribution is 2.31. The molecular weight excluding hydrogens is 474 g/mol. The number of carbonyl (C=O) groups excluding carboxylic acids is 1. The molecular formula is C27H25N5O3S. The number of hydrogen-bond acceptors (Lipinski definition) is 7. The molecule has 8 nitrogen and oxygen atoms in total. The number of nitrogens with one attached hydrogen (secondary N) is 1. The molecule has 0 spiro atoms. The van der Waals surface area contributed by atoms with Gasteiger partial charge in [-0.2, -0.15) is 5.10 Å². The van der Waals surface area contributed by atoms with Gasteiger partial charge in [0.05, 0.1) is 40.8 Å². The van der Waals surface area contributed by atoms with Crippen LogP contribution in [0.1, 0.15) is 24.1 Å². The van der Waals surface area contributed by atoms with Crippen molar-refractivity contribution in [1.29, 1.82) is 0 Å². The van der Waals surface area contributed by atoms with Gasteiger partial charge in [-0.25, -0.2) is 9.79 Å². The lowest BCUT2D eigenvalue weighted by atomic mass is 9.95. The number of methoxy groups -OCH3 is 1. The molecule has 1 N–H and O–H groups in total. The number of carbonyl (C=O) groups is 1. The van der Waals surface area contributed by atoms with Gasteiger partial charge in [-0.05, 0) is 30.7 Å². The van der Waals surface area contributed by atoms with E-state index in [2.05, 4.69) is 15.2 Å². The first kappa shape index (κ1) is 23.5. The first-order valence-electron chi connectivity index (χ1n) is 11.4. The number of rotatable bonds is 5. The van der Waals surface area contributed by atoms with E-state index in [1.54, 1.807) is 17.7 Å². The quantitative estimate of drug-likeness (QED) is 0.427. The molecule has 182 valence electrons. The highest BCUT2D eigenvalue weighted by molar-refractivity contribution is 7.07. The Morgan fingerprint density at radius 2 is 1.86 bits per heavy atom. The number of anilines is 1. The number of aromatic amines is 1. The van der Waals surface area contributed by atoms with E-state index in [9.17, 15) is 9.59 Å². The average Bonchev–Trinajstić information content (AvgIpc) is 3.47. The number of H-pyrrole nitrogens is 1. The van der Waals surface area contributed by atoms with Gasteiger partial charge >= 0.3 is 5.97 Å². The highest BCUT2D eigenvalue weighted by Gasteiger charge is 2.33. The molecule has 9 heteroatoms. The summed E-state index contributed by atoms with van der Waals surface area (Å²) in [5, 5.41) is 7.22. The lowest BCUT2D eigenvalue weighted by Gasteiger charge is -2.25. The lowest BCUT2D eigenvalue weighted by Crippen LogP contribution is -2.39. The van der Waals surface area contributed by atoms with E-state index >= 15 is 0 Å². The van der Waals surface area contributed by atoms with Gasteiger partial charge in [-0.3, -0.25) is 14.5 Å². The number of fused-ring (bicyclic) bond motifs is 1. The molecule has 2 aromatic heterocycles. The number of aromatic nitrogens is 3. The fraction of sp³-hybridized carbons (Fsp3) is 0.185. The minimum Gasteiger partial charge on any atom is -0.466 e. The summed E-state index contributed by atoms with van der Waals surface area (Å²) in [6.07, 6.45) is 3.52. The second kappa shape index (κ2) is 9.43. The zero-order valence-electron chi connectivity index (χ0n) is 20.4. The Kier molecular flexibility index (Phi) is 6.15. The van der Waals surface area contributed by atoms with Crippen LogP contribution >= 0.6 is 11.3 Å². The number of nitrogens with zero attached hydrogens (tertiary/aromatic N) is 4. The lowest BCUT2D eigenvalue weighted by molar-refractivity contribution is -0.136. The molecule has 36 heavy (non-hydrogen) atoms. The molecule has 0 aliphatic carbocycles. The summed E-state index contributed by atoms with van der Waals surface area (Å²) in [6, 6.07) is 17.0. The first-order chi connectivity index (χ1) is 17.4. The van der Waals surface area contributed by atoms with Crippen LogP contribution in [0.25, 0.3) is 17.3 Å². The average molecular weight is 500 g/mol. The van der Waals surface area contributed by atoms with Crippen LogP contribution in [0.15, 0.2) is 81.9 Å². The Bertz CT molecular complexity index is 1640. The third-order valence-corrected chi connectivity index (χ3v) is 7.15. The molecule has 0 fully saturated rings. The minimum atomic E-state index is -0.648. The van der Waals surface area contributed by atoms with Crippen LogP contribution in [-0.4, -0.2) is 41.9 Å². The van der Waals surface area contributed by atoms with Crippen LogP contribution in [0.2, 0.25) is 0 Å². The maximum Gasteiger partial charge on any atom is 0.338 e. The van der Waals surface area contributed by atoms with E-state index in [0.29, 0.717) is 20.6 Å². The van der Waals surface area contributed by atoms with Gasteiger partial charge in [-0.1, -0.05) is 53.8 Å². The van der Waals surface area contributed by atoms with Crippen molar-refractivity contribution < 1.29 is 9.53 Å². The number of hydrogen-bond donors (Lipinski definition) is 1. The summed E-state index contributed by atoms with van der Waals surface area (Å²) in [6.45, 7) is 1.77. The molecule has 4 aromatic rings. The Morgan fingerprint density at radius 1 is 1.14 bits per heavy atom. The third kappa shape index (κ3) is 4.07. The minimum absolute atomic E-state index is 0.227. The number of ether oxygens (including phenoxy) is 1. The third-order valence-electron chi connectivity index (χ3n) is 6.17. The van der Waals surface area contributed by atoms with Gasteiger partial charge in [0.2, 0.25) is 0 Å². The molecule has 1 unspecified atom stereocenters. The van der Waals surface area contributed by atoms with Crippen molar-refractivity contribution in [2.45, 2.75) is 13.0 Å². The van der Waals surface area contributed by atoms with Crippen LogP contribution in [-0.2, 0) is 9.53 Å². The number of esters is 1. The van der Waals surface area contributed by atoms with E-state index in [1.165, 1.54) is 18.4 Å². The highest BCUT2D eigenvalue weighted by atomic mass is 32.1. The van der Waals surface area contributed by atoms with Crippen LogP contribution < -0.4 is 19.8 Å². The van der Waals surface area contributed by atoms with E-state index in [4.69, 9.17) is 4.74 Å². The maximum absolute atomic E-state index is 13.8. The second-order valence-corrected chi connectivity index (χ2v) is 9.63. The second-order valence-electron chi connectivity index (χ2n) is 8.63. The van der Waals surface area contributed by atoms with E-state index in [0.717, 1.165) is 28.1 Å². The van der Waals surface area contributed by atoms with E-state index in [1.807, 2.05) is 79.7 Å². The predicted molar refractivity (Wildman–Crippen MR) is 141 cm³/mol. The SMILES string of the molecule is COC(=O)C1=C(C)N=c2s/c(=C/c3cn[nH]c3-c3ccccc3)c(=O)n2C1c1ccc(N(C)C)cc1. The van der Waals surface area contributed by atoms with Crippen molar-refractivity contribution in [1.82, 2.24) is 14.8 Å². The summed E-state index contributed by atoms with van der Waals surface area (Å²) in [4.78, 5) is 33.8. The summed E-state index contributed by atoms with van der Waals surface area (Å²) in [7, 11) is 5.26. The Balaban J connectivity index is 1.69. The number of thiazole rings is 1. The molecule has 0 bridgehead atoms. The monoisotopic (exact) mass is 499 g/mol. The fourth-order valence-electron chi connectivity index (χ4n) is 4.34. The van der Waals surface area contributed by atoms with Crippen LogP contribution in [0.5, 0.6) is 0 Å². The molecule has 1 atom stereocenters. The molecule has 5 rings (SSSR count). The molecule has 0 saturated heterocycles. The Hall–Kier alpha value is -4.24. The van der Waals surface area contributed by atoms with Crippen molar-refractivity contribution in [3.05, 3.63) is 103 Å². The molecule has 2 aromatic carbocycles. The summed E-state index contributed by atoms with van der Waals surface area (Å²) in [5.74, 6) is -0.506. The number of allylic oxidation sites excluding steroid dienone is 1. The molecule has 1 aliphatic heterocycles. The van der Waals surface area contributed by atoms with Crippen LogP contribution in [0, 0.1) is 0 Å². The van der Waals surface area contributed by atoms with Crippen LogP contribution in [0.3, 0.4) is 0 Å². The molecule has 1 aliphatic rings. The van der Waals surface area contributed by atoms with Gasteiger partial charge in [0.15, 0.2) is 4.80 Å². The normalized spacial score (nSPS) is 15.4. The van der Waals surface area contributed by atoms with Crippen molar-refractivity contribution in [3.63, 3.8) is 0 Å². The van der Waals surface area contributed by atoms with Crippen molar-refractivity contribution >= 4 is 29.1 Å². The molecule has 0 amide bonds. The van der Waals surface area contributed by atoms with Gasteiger partial charge in [0.1, 0.15) is 0 Å². The van der Waals surface area contributed by atoms with Gasteiger partial charge in [0, 0.05) is 30.9 Å². The Labute approximate surface area is 211 Å². The van der Waals surface area contributed by atoms with Crippen molar-refractivity contribution in [3.8, 4) is 11.3 Å². The van der Waals surface area contributed by atoms with Crippen molar-refractivity contribution in [2.24, 2.45) is 4.99 Å². The first-order valence-corrected chi connectivity index (χ1v) is 12.2. The maximum atomic E-state index is 13.8. The van der Waals surface area contributed by atoms with E-state index in [-0.39, 0.29) is 5.56 Å². The predicted octanol–water partition coefficient (Wildman–Crippen LogP) is 2.86. The zero-order valence-corrected chi connectivity index (χ0v) is 21.2. The summed E-state index contributed by atoms with van der Waals surface area (Å²) in [5.41, 5.74) is 5.06. The Morgan fingerprint density at radius 3 is 2.53 bits per heavy atom. The van der Waals surface area contributed by atoms with Gasteiger partial charge in [-0.15, -0.1) is 0 Å². The fourth-order valence-corrected chi connectivity index (χ4v) is 5.38. The van der Waals surface area contributed by atoms with Gasteiger partial charge < -0.3 is 9.64 Å². The topological polar surface area (TPSA) is 92.6 Å². The zero-order chi connectivity index (χ0) is 25.4.